The average molecular weight is 356 g/mol. The van der Waals surface area contributed by atoms with Crippen LogP contribution in [0.25, 0.3) is 0 Å². The Bertz CT molecular complexity index is 628. The number of ether oxygens (including phenoxy) is 1. The molecule has 0 heterocycles. The van der Waals surface area contributed by atoms with Crippen molar-refractivity contribution in [2.75, 3.05) is 6.54 Å². The van der Waals surface area contributed by atoms with Crippen molar-refractivity contribution in [3.63, 3.8) is 0 Å². The van der Waals surface area contributed by atoms with Crippen LogP contribution < -0.4 is 11.1 Å². The van der Waals surface area contributed by atoms with Gasteiger partial charge in [-0.1, -0.05) is 60.7 Å². The van der Waals surface area contributed by atoms with Crippen LogP contribution in [0, 0.1) is 0 Å². The smallest absolute Gasteiger partial charge is 0.325 e. The lowest BCUT2D eigenvalue weighted by molar-refractivity contribution is -0.145. The molecule has 0 aliphatic heterocycles. The van der Waals surface area contributed by atoms with Gasteiger partial charge in [-0.05, 0) is 17.5 Å². The van der Waals surface area contributed by atoms with E-state index >= 15 is 0 Å². The van der Waals surface area contributed by atoms with Crippen molar-refractivity contribution in [3.05, 3.63) is 71.8 Å². The Balaban J connectivity index is 0.000000765. The van der Waals surface area contributed by atoms with E-state index in [-0.39, 0.29) is 25.0 Å². The third kappa shape index (κ3) is 10.6. The summed E-state index contributed by atoms with van der Waals surface area (Å²) >= 11 is 0. The maximum absolute atomic E-state index is 11.7. The van der Waals surface area contributed by atoms with Crippen LogP contribution in [0.3, 0.4) is 0 Å². The Morgan fingerprint density at radius 3 is 1.96 bits per heavy atom. The number of aryl methyl sites for hydroxylation is 1. The van der Waals surface area contributed by atoms with Crippen molar-refractivity contribution in [2.45, 2.75) is 26.4 Å². The number of nitrogens with one attached hydrogen (secondary N) is 1. The minimum absolute atomic E-state index is 0.0968. The van der Waals surface area contributed by atoms with E-state index < -0.39 is 5.97 Å². The number of nitrogens with two attached hydrogens (primary N) is 1. The van der Waals surface area contributed by atoms with Crippen LogP contribution in [0.4, 0.5) is 0 Å². The van der Waals surface area contributed by atoms with Gasteiger partial charge in [-0.2, -0.15) is 0 Å². The Morgan fingerprint density at radius 1 is 0.923 bits per heavy atom. The molecule has 0 unspecified atom stereocenters. The van der Waals surface area contributed by atoms with E-state index in [4.69, 9.17) is 4.74 Å². The highest BCUT2D eigenvalue weighted by molar-refractivity contribution is 5.82. The summed E-state index contributed by atoms with van der Waals surface area (Å²) in [5.74, 6) is -0.919. The highest BCUT2D eigenvalue weighted by atomic mass is 16.5. The van der Waals surface area contributed by atoms with Crippen molar-refractivity contribution >= 4 is 17.8 Å². The fourth-order valence-corrected chi connectivity index (χ4v) is 1.95. The Morgan fingerprint density at radius 2 is 1.42 bits per heavy atom. The van der Waals surface area contributed by atoms with Crippen molar-refractivity contribution in [1.82, 2.24) is 5.32 Å². The second-order valence-electron chi connectivity index (χ2n) is 5.52. The number of primary amides is 1. The van der Waals surface area contributed by atoms with Crippen LogP contribution in [-0.2, 0) is 32.1 Å². The lowest BCUT2D eigenvalue weighted by Gasteiger charge is -2.07. The molecule has 0 radical (unpaired) electrons. The molecule has 3 N–H and O–H groups in total. The van der Waals surface area contributed by atoms with Crippen LogP contribution in [-0.4, -0.2) is 24.3 Å². The molecule has 0 aliphatic rings. The van der Waals surface area contributed by atoms with Gasteiger partial charge in [0.1, 0.15) is 13.2 Å². The first-order valence-electron chi connectivity index (χ1n) is 8.23. The Labute approximate surface area is 153 Å². The van der Waals surface area contributed by atoms with Crippen LogP contribution in [0.2, 0.25) is 0 Å². The summed E-state index contributed by atoms with van der Waals surface area (Å²) in [4.78, 5) is 32.5. The predicted molar refractivity (Wildman–Crippen MR) is 98.9 cm³/mol. The molecule has 0 saturated carbocycles. The van der Waals surface area contributed by atoms with Crippen LogP contribution in [0.15, 0.2) is 60.7 Å². The van der Waals surface area contributed by atoms with E-state index in [1.54, 1.807) is 0 Å². The molecule has 6 nitrogen and oxygen atoms in total. The lowest BCUT2D eigenvalue weighted by Crippen LogP contribution is -2.30. The second-order valence-corrected chi connectivity index (χ2v) is 5.52. The molecule has 2 rings (SSSR count). The average Bonchev–Trinajstić information content (AvgIpc) is 2.64. The van der Waals surface area contributed by atoms with Gasteiger partial charge in [0, 0.05) is 13.3 Å². The summed E-state index contributed by atoms with van der Waals surface area (Å²) in [5.41, 5.74) is 6.50. The molecular formula is C20H24N2O4. The minimum Gasteiger partial charge on any atom is -0.460 e. The molecule has 0 saturated heterocycles. The van der Waals surface area contributed by atoms with Gasteiger partial charge >= 0.3 is 5.97 Å². The van der Waals surface area contributed by atoms with Gasteiger partial charge in [0.25, 0.3) is 0 Å². The third-order valence-electron chi connectivity index (χ3n) is 3.16. The second kappa shape index (κ2) is 12.2. The summed E-state index contributed by atoms with van der Waals surface area (Å²) in [5, 5.41) is 2.58. The molecule has 0 aliphatic carbocycles. The summed E-state index contributed by atoms with van der Waals surface area (Å²) in [6, 6.07) is 19.2. The number of hydrogen-bond donors (Lipinski definition) is 2. The molecule has 0 aromatic heterocycles. The van der Waals surface area contributed by atoms with Crippen molar-refractivity contribution in [2.24, 2.45) is 5.73 Å². The number of carbonyl (C=O) groups excluding carboxylic acids is 3. The van der Waals surface area contributed by atoms with Gasteiger partial charge < -0.3 is 15.8 Å². The zero-order chi connectivity index (χ0) is 19.2. The molecule has 138 valence electrons. The molecule has 6 heteroatoms. The fraction of sp³-hybridized carbons (Fsp3) is 0.250. The summed E-state index contributed by atoms with van der Waals surface area (Å²) in [7, 11) is 0. The molecular weight excluding hydrogens is 332 g/mol. The lowest BCUT2D eigenvalue weighted by atomic mass is 10.1. The molecule has 2 amide bonds. The summed E-state index contributed by atoms with van der Waals surface area (Å²) < 4.78 is 5.09. The topological polar surface area (TPSA) is 98.5 Å². The monoisotopic (exact) mass is 356 g/mol. The molecule has 2 aromatic carbocycles. The van der Waals surface area contributed by atoms with Crippen molar-refractivity contribution < 1.29 is 19.1 Å². The Hall–Kier alpha value is -3.15. The van der Waals surface area contributed by atoms with Gasteiger partial charge in [0.05, 0.1) is 0 Å². The molecule has 0 bridgehead atoms. The van der Waals surface area contributed by atoms with Crippen molar-refractivity contribution in [3.8, 4) is 0 Å². The molecule has 0 spiro atoms. The van der Waals surface area contributed by atoms with Crippen LogP contribution in [0.5, 0.6) is 0 Å². The van der Waals surface area contributed by atoms with E-state index in [0.29, 0.717) is 12.8 Å². The summed E-state index contributed by atoms with van der Waals surface area (Å²) in [6.07, 6.45) is 1.02. The number of benzene rings is 2. The highest BCUT2D eigenvalue weighted by Crippen LogP contribution is 2.02. The normalized spacial score (nSPS) is 9.42. The molecule has 0 atom stereocenters. The molecule has 26 heavy (non-hydrogen) atoms. The van der Waals surface area contributed by atoms with E-state index in [2.05, 4.69) is 11.1 Å². The first kappa shape index (κ1) is 20.9. The number of amides is 2. The quantitative estimate of drug-likeness (QED) is 0.741. The maximum atomic E-state index is 11.7. The molecule has 0 fully saturated rings. The zero-order valence-electron chi connectivity index (χ0n) is 14.8. The first-order chi connectivity index (χ1) is 12.5. The number of esters is 1. The van der Waals surface area contributed by atoms with Gasteiger partial charge in [-0.3, -0.25) is 14.4 Å². The van der Waals surface area contributed by atoms with Crippen LogP contribution in [0.1, 0.15) is 24.5 Å². The third-order valence-corrected chi connectivity index (χ3v) is 3.16. The largest absolute Gasteiger partial charge is 0.460 e. The van der Waals surface area contributed by atoms with E-state index in [0.717, 1.165) is 11.1 Å². The first-order valence-corrected chi connectivity index (χ1v) is 8.23. The summed E-state index contributed by atoms with van der Waals surface area (Å²) in [6.45, 7) is 1.43. The van der Waals surface area contributed by atoms with Gasteiger partial charge in [-0.25, -0.2) is 0 Å². The number of hydrogen-bond acceptors (Lipinski definition) is 4. The maximum Gasteiger partial charge on any atom is 0.325 e. The van der Waals surface area contributed by atoms with Gasteiger partial charge in [0.2, 0.25) is 11.8 Å². The fourth-order valence-electron chi connectivity index (χ4n) is 1.95. The zero-order valence-corrected chi connectivity index (χ0v) is 14.8. The predicted octanol–water partition coefficient (Wildman–Crippen LogP) is 1.97. The standard InChI is InChI=1S/C18H19NO3.C2H5NO/c20-17(12-11-15-7-3-1-4-8-15)19-13-18(21)22-14-16-9-5-2-6-10-16;1-2(3)4/h1-10H,11-14H2,(H,19,20);1H3,(H2,3,4). The highest BCUT2D eigenvalue weighted by Gasteiger charge is 2.07. The molecule has 2 aromatic rings. The van der Waals surface area contributed by atoms with E-state index in [9.17, 15) is 14.4 Å². The van der Waals surface area contributed by atoms with Gasteiger partial charge in [0.15, 0.2) is 0 Å². The van der Waals surface area contributed by atoms with Crippen LogP contribution >= 0.6 is 0 Å². The number of rotatable bonds is 7. The minimum atomic E-state index is -0.433. The van der Waals surface area contributed by atoms with Crippen molar-refractivity contribution in [1.29, 1.82) is 0 Å². The SMILES string of the molecule is CC(N)=O.O=C(CCc1ccccc1)NCC(=O)OCc1ccccc1. The van der Waals surface area contributed by atoms with Gasteiger partial charge in [-0.15, -0.1) is 0 Å². The Kier molecular flexibility index (Phi) is 9.84. The number of carbonyl (C=O) groups is 3. The van der Waals surface area contributed by atoms with E-state index in [1.807, 2.05) is 60.7 Å². The van der Waals surface area contributed by atoms with E-state index in [1.165, 1.54) is 6.92 Å².